The Morgan fingerprint density at radius 1 is 1.07 bits per heavy atom. The Labute approximate surface area is 234 Å². The number of aromatic nitrogens is 3. The Morgan fingerprint density at radius 2 is 1.93 bits per heavy atom. The second kappa shape index (κ2) is 11.5. The van der Waals surface area contributed by atoms with Gasteiger partial charge in [0, 0.05) is 41.5 Å². The minimum absolute atomic E-state index is 0.338. The predicted molar refractivity (Wildman–Crippen MR) is 154 cm³/mol. The summed E-state index contributed by atoms with van der Waals surface area (Å²) in [7, 11) is 0. The number of aryl methyl sites for hydroxylation is 1. The van der Waals surface area contributed by atoms with Crippen LogP contribution < -0.4 is 16.0 Å². The number of amides is 1. The SMILES string of the molecule is Cc1noc(-c2ccc(N3CCC[C@H](C[C@@H]4CCCC[C@H]4Nc4ncc(-c5cccc(C(N)=O)c5)o4)C3)cc2)n1. The van der Waals surface area contributed by atoms with Crippen molar-refractivity contribution in [1.29, 1.82) is 0 Å². The maximum absolute atomic E-state index is 11.6. The molecule has 0 radical (unpaired) electrons. The molecule has 9 nitrogen and oxygen atoms in total. The summed E-state index contributed by atoms with van der Waals surface area (Å²) in [6.07, 6.45) is 10.2. The summed E-state index contributed by atoms with van der Waals surface area (Å²) in [5.41, 5.74) is 8.88. The fourth-order valence-corrected chi connectivity index (χ4v) is 6.29. The van der Waals surface area contributed by atoms with Crippen LogP contribution in [0.5, 0.6) is 0 Å². The highest BCUT2D eigenvalue weighted by Gasteiger charge is 2.31. The molecular weight excluding hydrogens is 504 g/mol. The van der Waals surface area contributed by atoms with Crippen LogP contribution in [0.15, 0.2) is 63.7 Å². The smallest absolute Gasteiger partial charge is 0.295 e. The minimum Gasteiger partial charge on any atom is -0.424 e. The number of carbonyl (C=O) groups excluding carboxylic acids is 1. The minimum atomic E-state index is -0.457. The van der Waals surface area contributed by atoms with Gasteiger partial charge in [-0.2, -0.15) is 4.98 Å². The zero-order valence-electron chi connectivity index (χ0n) is 22.9. The lowest BCUT2D eigenvalue weighted by Gasteiger charge is -2.39. The highest BCUT2D eigenvalue weighted by Crippen LogP contribution is 2.36. The Morgan fingerprint density at radius 3 is 2.73 bits per heavy atom. The van der Waals surface area contributed by atoms with E-state index < -0.39 is 5.91 Å². The summed E-state index contributed by atoms with van der Waals surface area (Å²) in [6.45, 7) is 3.98. The molecule has 0 bridgehead atoms. The first-order valence-electron chi connectivity index (χ1n) is 14.3. The van der Waals surface area contributed by atoms with Gasteiger partial charge in [-0.1, -0.05) is 30.1 Å². The van der Waals surface area contributed by atoms with Crippen LogP contribution in [0.25, 0.3) is 22.8 Å². The standard InChI is InChI=1S/C31H36N6O3/c1-20-34-30(40-36-20)22-11-13-26(14-12-22)37-15-5-6-21(19-37)16-23-7-2-3-10-27(23)35-31-33-18-28(39-31)24-8-4-9-25(17-24)29(32)38/h4,8-9,11-14,17-18,21,23,27H,2-3,5-7,10,15-16,19H2,1H3,(H2,32,38)(H,33,35)/t21-,23+,27-/m1/s1. The fraction of sp³-hybridized carbons (Fsp3) is 0.419. The molecule has 1 saturated heterocycles. The van der Waals surface area contributed by atoms with E-state index in [-0.39, 0.29) is 0 Å². The molecule has 4 aromatic rings. The lowest BCUT2D eigenvalue weighted by Crippen LogP contribution is -2.39. The molecule has 3 N–H and O–H groups in total. The molecule has 3 heterocycles. The van der Waals surface area contributed by atoms with E-state index >= 15 is 0 Å². The van der Waals surface area contributed by atoms with Crippen molar-refractivity contribution >= 4 is 17.6 Å². The van der Waals surface area contributed by atoms with E-state index in [4.69, 9.17) is 14.7 Å². The van der Waals surface area contributed by atoms with Crippen molar-refractivity contribution in [2.45, 2.75) is 57.9 Å². The number of oxazole rings is 1. The van der Waals surface area contributed by atoms with Crippen LogP contribution in [-0.2, 0) is 0 Å². The van der Waals surface area contributed by atoms with Crippen molar-refractivity contribution in [3.63, 3.8) is 0 Å². The van der Waals surface area contributed by atoms with Crippen molar-refractivity contribution in [3.8, 4) is 22.8 Å². The number of hydrogen-bond donors (Lipinski definition) is 2. The van der Waals surface area contributed by atoms with Crippen molar-refractivity contribution < 1.29 is 13.7 Å². The third kappa shape index (κ3) is 5.88. The van der Waals surface area contributed by atoms with Crippen LogP contribution in [0.3, 0.4) is 0 Å². The molecule has 2 fully saturated rings. The van der Waals surface area contributed by atoms with Gasteiger partial charge < -0.3 is 24.9 Å². The largest absolute Gasteiger partial charge is 0.424 e. The van der Waals surface area contributed by atoms with Crippen LogP contribution in [0.2, 0.25) is 0 Å². The fourth-order valence-electron chi connectivity index (χ4n) is 6.29. The van der Waals surface area contributed by atoms with Crippen LogP contribution in [-0.4, -0.2) is 40.2 Å². The molecule has 0 unspecified atom stereocenters. The molecule has 9 heteroatoms. The first-order valence-corrected chi connectivity index (χ1v) is 14.3. The first-order chi connectivity index (χ1) is 19.5. The van der Waals surface area contributed by atoms with Gasteiger partial charge in [-0.05, 0) is 87.3 Å². The van der Waals surface area contributed by atoms with Gasteiger partial charge in [-0.15, -0.1) is 0 Å². The topological polar surface area (TPSA) is 123 Å². The van der Waals surface area contributed by atoms with Crippen molar-refractivity contribution in [2.24, 2.45) is 17.6 Å². The second-order valence-electron chi connectivity index (χ2n) is 11.2. The highest BCUT2D eigenvalue weighted by molar-refractivity contribution is 5.93. The molecule has 40 heavy (non-hydrogen) atoms. The maximum atomic E-state index is 11.6. The first kappa shape index (κ1) is 26.1. The third-order valence-electron chi connectivity index (χ3n) is 8.32. The van der Waals surface area contributed by atoms with Gasteiger partial charge in [-0.25, -0.2) is 4.98 Å². The van der Waals surface area contributed by atoms with Gasteiger partial charge in [0.1, 0.15) is 0 Å². The number of nitrogens with one attached hydrogen (secondary N) is 1. The Bertz CT molecular complexity index is 1450. The second-order valence-corrected chi connectivity index (χ2v) is 11.2. The van der Waals surface area contributed by atoms with E-state index in [1.54, 1.807) is 24.4 Å². The van der Waals surface area contributed by atoms with Gasteiger partial charge in [0.05, 0.1) is 6.20 Å². The summed E-state index contributed by atoms with van der Waals surface area (Å²) in [4.78, 5) is 22.9. The number of carbonyl (C=O) groups is 1. The number of anilines is 2. The van der Waals surface area contributed by atoms with E-state index in [2.05, 4.69) is 49.6 Å². The average molecular weight is 541 g/mol. The lowest BCUT2D eigenvalue weighted by atomic mass is 9.77. The molecule has 2 aliphatic rings. The molecule has 208 valence electrons. The molecule has 1 aliphatic carbocycles. The van der Waals surface area contributed by atoms with Gasteiger partial charge in [0.15, 0.2) is 11.6 Å². The Hall–Kier alpha value is -4.14. The number of nitrogens with two attached hydrogens (primary N) is 1. The summed E-state index contributed by atoms with van der Waals surface area (Å²) < 4.78 is 11.4. The Balaban J connectivity index is 1.08. The molecule has 2 aromatic heterocycles. The molecule has 0 spiro atoms. The van der Waals surface area contributed by atoms with E-state index in [1.807, 2.05) is 13.0 Å². The van der Waals surface area contributed by atoms with Crippen LogP contribution in [0, 0.1) is 18.8 Å². The maximum Gasteiger partial charge on any atom is 0.295 e. The predicted octanol–water partition coefficient (Wildman–Crippen LogP) is 6.08. The molecular formula is C31H36N6O3. The summed E-state index contributed by atoms with van der Waals surface area (Å²) >= 11 is 0. The third-order valence-corrected chi connectivity index (χ3v) is 8.32. The van der Waals surface area contributed by atoms with Gasteiger partial charge in [0.2, 0.25) is 5.91 Å². The van der Waals surface area contributed by atoms with E-state index in [0.29, 0.717) is 46.9 Å². The number of rotatable bonds is 8. The van der Waals surface area contributed by atoms with E-state index in [1.165, 1.54) is 44.2 Å². The molecule has 1 aliphatic heterocycles. The van der Waals surface area contributed by atoms with Crippen LogP contribution in [0.1, 0.15) is 61.1 Å². The van der Waals surface area contributed by atoms with Crippen molar-refractivity contribution in [2.75, 3.05) is 23.3 Å². The molecule has 6 rings (SSSR count). The number of benzene rings is 2. The normalized spacial score (nSPS) is 21.3. The number of nitrogens with zero attached hydrogens (tertiary/aromatic N) is 4. The zero-order valence-corrected chi connectivity index (χ0v) is 22.9. The highest BCUT2D eigenvalue weighted by atomic mass is 16.5. The zero-order chi connectivity index (χ0) is 27.5. The molecule has 1 saturated carbocycles. The van der Waals surface area contributed by atoms with Gasteiger partial charge in [0.25, 0.3) is 11.9 Å². The molecule has 2 aromatic carbocycles. The van der Waals surface area contributed by atoms with Gasteiger partial charge >= 0.3 is 0 Å². The lowest BCUT2D eigenvalue weighted by molar-refractivity contribution is 0.100. The molecule has 1 amide bonds. The van der Waals surface area contributed by atoms with Crippen LogP contribution >= 0.6 is 0 Å². The van der Waals surface area contributed by atoms with Crippen LogP contribution in [0.4, 0.5) is 11.7 Å². The number of piperidine rings is 1. The summed E-state index contributed by atoms with van der Waals surface area (Å²) in [6, 6.07) is 16.5. The quantitative estimate of drug-likeness (QED) is 0.276. The van der Waals surface area contributed by atoms with Crippen molar-refractivity contribution in [3.05, 3.63) is 66.1 Å². The monoisotopic (exact) mass is 540 g/mol. The summed E-state index contributed by atoms with van der Waals surface area (Å²) in [5.74, 6) is 2.61. The van der Waals surface area contributed by atoms with E-state index in [9.17, 15) is 4.79 Å². The number of hydrogen-bond acceptors (Lipinski definition) is 8. The van der Waals surface area contributed by atoms with Crippen molar-refractivity contribution in [1.82, 2.24) is 15.1 Å². The number of primary amides is 1. The summed E-state index contributed by atoms with van der Waals surface area (Å²) in [5, 5.41) is 7.51. The van der Waals surface area contributed by atoms with E-state index in [0.717, 1.165) is 30.6 Å². The molecule has 3 atom stereocenters. The van der Waals surface area contributed by atoms with Gasteiger partial charge in [-0.3, -0.25) is 4.79 Å². The average Bonchev–Trinajstić information content (AvgIpc) is 3.64. The Kier molecular flexibility index (Phi) is 7.53.